The molecule has 0 bridgehead atoms. The molecular formula is C18H20O. The number of hydrogen-bond donors (Lipinski definition) is 0. The first kappa shape index (κ1) is 12.4. The number of carbonyl (C=O) groups is 1. The van der Waals surface area contributed by atoms with Crippen molar-refractivity contribution in [1.29, 1.82) is 0 Å². The highest BCUT2D eigenvalue weighted by Crippen LogP contribution is 2.37. The summed E-state index contributed by atoms with van der Waals surface area (Å²) in [4.78, 5) is 11.7. The highest BCUT2D eigenvalue weighted by Gasteiger charge is 2.18. The van der Waals surface area contributed by atoms with Crippen LogP contribution in [0.3, 0.4) is 0 Å². The minimum atomic E-state index is 0.159. The van der Waals surface area contributed by atoms with Gasteiger partial charge >= 0.3 is 0 Å². The SMILES string of the molecule is CC(=O)c1ccc(C2CCCCC2)c2ccccc12. The third-order valence-electron chi connectivity index (χ3n) is 4.38. The van der Waals surface area contributed by atoms with Crippen molar-refractivity contribution in [3.63, 3.8) is 0 Å². The Morgan fingerprint density at radius 3 is 2.32 bits per heavy atom. The van der Waals surface area contributed by atoms with E-state index in [2.05, 4.69) is 24.3 Å². The quantitative estimate of drug-likeness (QED) is 0.680. The highest BCUT2D eigenvalue weighted by molar-refractivity contribution is 6.07. The average Bonchev–Trinajstić information content (AvgIpc) is 2.47. The Kier molecular flexibility index (Phi) is 3.37. The smallest absolute Gasteiger partial charge is 0.160 e. The average molecular weight is 252 g/mol. The number of ketones is 1. The molecule has 0 aliphatic heterocycles. The molecule has 1 aliphatic rings. The molecule has 0 heterocycles. The Hall–Kier alpha value is -1.63. The van der Waals surface area contributed by atoms with E-state index in [0.717, 1.165) is 10.9 Å². The minimum Gasteiger partial charge on any atom is -0.294 e. The van der Waals surface area contributed by atoms with Crippen molar-refractivity contribution in [1.82, 2.24) is 0 Å². The highest BCUT2D eigenvalue weighted by atomic mass is 16.1. The van der Waals surface area contributed by atoms with Gasteiger partial charge in [-0.1, -0.05) is 55.7 Å². The van der Waals surface area contributed by atoms with Crippen molar-refractivity contribution >= 4 is 16.6 Å². The molecule has 0 aromatic heterocycles. The first-order valence-electron chi connectivity index (χ1n) is 7.30. The van der Waals surface area contributed by atoms with Gasteiger partial charge in [0.1, 0.15) is 0 Å². The molecule has 0 amide bonds. The summed E-state index contributed by atoms with van der Waals surface area (Å²) in [5, 5.41) is 2.40. The van der Waals surface area contributed by atoms with Crippen LogP contribution in [-0.2, 0) is 0 Å². The molecule has 1 aliphatic carbocycles. The van der Waals surface area contributed by atoms with Crippen LogP contribution in [-0.4, -0.2) is 5.78 Å². The number of carbonyl (C=O) groups excluding carboxylic acids is 1. The molecule has 19 heavy (non-hydrogen) atoms. The fourth-order valence-corrected chi connectivity index (χ4v) is 3.40. The summed E-state index contributed by atoms with van der Waals surface area (Å²) in [5.74, 6) is 0.839. The number of rotatable bonds is 2. The summed E-state index contributed by atoms with van der Waals surface area (Å²) >= 11 is 0. The van der Waals surface area contributed by atoms with Crippen LogP contribution >= 0.6 is 0 Å². The van der Waals surface area contributed by atoms with E-state index in [1.165, 1.54) is 43.1 Å². The number of Topliss-reactive ketones (excluding diaryl/α,β-unsaturated/α-hetero) is 1. The second-order valence-electron chi connectivity index (χ2n) is 5.64. The third-order valence-corrected chi connectivity index (χ3v) is 4.38. The van der Waals surface area contributed by atoms with Gasteiger partial charge in [-0.2, -0.15) is 0 Å². The van der Waals surface area contributed by atoms with Crippen molar-refractivity contribution in [2.45, 2.75) is 44.9 Å². The van der Waals surface area contributed by atoms with Crippen LogP contribution in [0, 0.1) is 0 Å². The fraction of sp³-hybridized carbons (Fsp3) is 0.389. The zero-order valence-electron chi connectivity index (χ0n) is 11.5. The zero-order valence-corrected chi connectivity index (χ0v) is 11.5. The second-order valence-corrected chi connectivity index (χ2v) is 5.64. The van der Waals surface area contributed by atoms with Crippen LogP contribution in [0.4, 0.5) is 0 Å². The standard InChI is InChI=1S/C18H20O/c1-13(19)15-11-12-16(14-7-3-2-4-8-14)18-10-6-5-9-17(15)18/h5-6,9-12,14H,2-4,7-8H2,1H3. The Bertz CT molecular complexity index is 606. The lowest BCUT2D eigenvalue weighted by molar-refractivity contribution is 0.101. The Balaban J connectivity index is 2.15. The van der Waals surface area contributed by atoms with Crippen molar-refractivity contribution in [3.05, 3.63) is 47.5 Å². The first-order chi connectivity index (χ1) is 9.27. The van der Waals surface area contributed by atoms with Gasteiger partial charge in [-0.05, 0) is 42.0 Å². The molecule has 1 fully saturated rings. The van der Waals surface area contributed by atoms with Gasteiger partial charge in [0.25, 0.3) is 0 Å². The first-order valence-corrected chi connectivity index (χ1v) is 7.30. The molecule has 0 atom stereocenters. The largest absolute Gasteiger partial charge is 0.294 e. The summed E-state index contributed by atoms with van der Waals surface area (Å²) in [5.41, 5.74) is 2.30. The molecule has 2 aromatic carbocycles. The lowest BCUT2D eigenvalue weighted by Gasteiger charge is -2.24. The molecule has 0 unspecified atom stereocenters. The van der Waals surface area contributed by atoms with E-state index >= 15 is 0 Å². The van der Waals surface area contributed by atoms with E-state index in [9.17, 15) is 4.79 Å². The van der Waals surface area contributed by atoms with E-state index in [1.807, 2.05) is 12.1 Å². The van der Waals surface area contributed by atoms with Crippen LogP contribution in [0.2, 0.25) is 0 Å². The Morgan fingerprint density at radius 1 is 0.947 bits per heavy atom. The molecule has 0 saturated heterocycles. The van der Waals surface area contributed by atoms with Gasteiger partial charge in [0.05, 0.1) is 0 Å². The molecule has 0 N–H and O–H groups in total. The predicted octanol–water partition coefficient (Wildman–Crippen LogP) is 5.09. The van der Waals surface area contributed by atoms with Gasteiger partial charge in [0, 0.05) is 5.56 Å². The maximum Gasteiger partial charge on any atom is 0.160 e. The predicted molar refractivity (Wildman–Crippen MR) is 79.8 cm³/mol. The van der Waals surface area contributed by atoms with Gasteiger partial charge in [-0.3, -0.25) is 4.79 Å². The third kappa shape index (κ3) is 2.30. The maximum atomic E-state index is 11.7. The van der Waals surface area contributed by atoms with Crippen LogP contribution in [0.5, 0.6) is 0 Å². The molecule has 0 radical (unpaired) electrons. The van der Waals surface area contributed by atoms with E-state index in [4.69, 9.17) is 0 Å². The summed E-state index contributed by atoms with van der Waals surface area (Å²) in [6.07, 6.45) is 6.65. The summed E-state index contributed by atoms with van der Waals surface area (Å²) in [6.45, 7) is 1.65. The molecule has 1 nitrogen and oxygen atoms in total. The fourth-order valence-electron chi connectivity index (χ4n) is 3.40. The van der Waals surface area contributed by atoms with Gasteiger partial charge in [0.15, 0.2) is 5.78 Å². The molecular weight excluding hydrogens is 232 g/mol. The molecule has 1 heteroatoms. The molecule has 3 rings (SSSR count). The molecule has 0 spiro atoms. The maximum absolute atomic E-state index is 11.7. The number of fused-ring (bicyclic) bond motifs is 1. The van der Waals surface area contributed by atoms with E-state index < -0.39 is 0 Å². The minimum absolute atomic E-state index is 0.159. The van der Waals surface area contributed by atoms with Gasteiger partial charge in [-0.25, -0.2) is 0 Å². The van der Waals surface area contributed by atoms with Crippen molar-refractivity contribution in [2.24, 2.45) is 0 Å². The molecule has 98 valence electrons. The normalized spacial score (nSPS) is 16.7. The summed E-state index contributed by atoms with van der Waals surface area (Å²) in [6, 6.07) is 12.6. The van der Waals surface area contributed by atoms with Gasteiger partial charge < -0.3 is 0 Å². The number of hydrogen-bond acceptors (Lipinski definition) is 1. The van der Waals surface area contributed by atoms with Gasteiger partial charge in [0.2, 0.25) is 0 Å². The van der Waals surface area contributed by atoms with Crippen molar-refractivity contribution < 1.29 is 4.79 Å². The van der Waals surface area contributed by atoms with Crippen LogP contribution in [0.1, 0.15) is 60.9 Å². The lowest BCUT2D eigenvalue weighted by Crippen LogP contribution is -2.06. The topological polar surface area (TPSA) is 17.1 Å². The van der Waals surface area contributed by atoms with Crippen LogP contribution in [0.15, 0.2) is 36.4 Å². The zero-order chi connectivity index (χ0) is 13.2. The van der Waals surface area contributed by atoms with E-state index in [0.29, 0.717) is 5.92 Å². The molecule has 1 saturated carbocycles. The summed E-state index contributed by atoms with van der Waals surface area (Å²) < 4.78 is 0. The second kappa shape index (κ2) is 5.16. The van der Waals surface area contributed by atoms with Crippen molar-refractivity contribution in [3.8, 4) is 0 Å². The Morgan fingerprint density at radius 2 is 1.63 bits per heavy atom. The Labute approximate surface area is 114 Å². The summed E-state index contributed by atoms with van der Waals surface area (Å²) in [7, 11) is 0. The van der Waals surface area contributed by atoms with Crippen LogP contribution in [0.25, 0.3) is 10.8 Å². The van der Waals surface area contributed by atoms with E-state index in [-0.39, 0.29) is 5.78 Å². The van der Waals surface area contributed by atoms with Crippen molar-refractivity contribution in [2.75, 3.05) is 0 Å². The van der Waals surface area contributed by atoms with Crippen LogP contribution < -0.4 is 0 Å². The molecule has 2 aromatic rings. The van der Waals surface area contributed by atoms with Gasteiger partial charge in [-0.15, -0.1) is 0 Å². The monoisotopic (exact) mass is 252 g/mol. The number of benzene rings is 2. The van der Waals surface area contributed by atoms with E-state index in [1.54, 1.807) is 6.92 Å². The lowest BCUT2D eigenvalue weighted by atomic mass is 9.81.